The highest BCUT2D eigenvalue weighted by molar-refractivity contribution is 6.37. The molecule has 1 amide bonds. The first-order valence-electron chi connectivity index (χ1n) is 6.55. The van der Waals surface area contributed by atoms with Gasteiger partial charge in [-0.15, -0.1) is 0 Å². The van der Waals surface area contributed by atoms with Gasteiger partial charge in [-0.1, -0.05) is 30.3 Å². The SMILES string of the molecule is O=C(Nc1ccc(C(F)(F)F)cc1)C(=O)OCc1ccccc1. The molecule has 1 N–H and O–H groups in total. The van der Waals surface area contributed by atoms with E-state index in [1.807, 2.05) is 0 Å². The summed E-state index contributed by atoms with van der Waals surface area (Å²) in [6, 6.07) is 12.5. The molecule has 0 aliphatic rings. The average Bonchev–Trinajstić information content (AvgIpc) is 2.53. The fourth-order valence-corrected chi connectivity index (χ4v) is 1.71. The van der Waals surface area contributed by atoms with Crippen LogP contribution in [-0.2, 0) is 27.1 Å². The highest BCUT2D eigenvalue weighted by atomic mass is 19.4. The van der Waals surface area contributed by atoms with Gasteiger partial charge in [0.1, 0.15) is 6.61 Å². The van der Waals surface area contributed by atoms with E-state index in [0.29, 0.717) is 5.56 Å². The Balaban J connectivity index is 1.89. The number of carbonyl (C=O) groups is 2. The first kappa shape index (κ1) is 16.5. The topological polar surface area (TPSA) is 55.4 Å². The molecule has 0 heterocycles. The van der Waals surface area contributed by atoms with E-state index in [1.54, 1.807) is 30.3 Å². The molecular formula is C16H12F3NO3. The Bertz CT molecular complexity index is 682. The number of hydrogen-bond donors (Lipinski definition) is 1. The first-order valence-corrected chi connectivity index (χ1v) is 6.55. The van der Waals surface area contributed by atoms with Crippen molar-refractivity contribution in [2.75, 3.05) is 5.32 Å². The summed E-state index contributed by atoms with van der Waals surface area (Å²) in [7, 11) is 0. The van der Waals surface area contributed by atoms with Gasteiger partial charge in [-0.3, -0.25) is 4.79 Å². The van der Waals surface area contributed by atoms with Crippen LogP contribution in [0.1, 0.15) is 11.1 Å². The van der Waals surface area contributed by atoms with Crippen LogP contribution in [0.25, 0.3) is 0 Å². The zero-order valence-corrected chi connectivity index (χ0v) is 11.8. The van der Waals surface area contributed by atoms with E-state index >= 15 is 0 Å². The molecule has 2 rings (SSSR count). The molecule has 0 spiro atoms. The van der Waals surface area contributed by atoms with E-state index in [-0.39, 0.29) is 12.3 Å². The van der Waals surface area contributed by atoms with E-state index in [0.717, 1.165) is 24.3 Å². The van der Waals surface area contributed by atoms with Gasteiger partial charge >= 0.3 is 18.1 Å². The van der Waals surface area contributed by atoms with E-state index in [2.05, 4.69) is 5.32 Å². The number of alkyl halides is 3. The van der Waals surface area contributed by atoms with Crippen molar-refractivity contribution >= 4 is 17.6 Å². The molecule has 0 fully saturated rings. The largest absolute Gasteiger partial charge is 0.454 e. The van der Waals surface area contributed by atoms with Crippen molar-refractivity contribution in [2.24, 2.45) is 0 Å². The summed E-state index contributed by atoms with van der Waals surface area (Å²) < 4.78 is 42.0. The van der Waals surface area contributed by atoms with Gasteiger partial charge in [-0.2, -0.15) is 13.2 Å². The Hall–Kier alpha value is -2.83. The molecule has 0 saturated carbocycles. The minimum Gasteiger partial charge on any atom is -0.454 e. The summed E-state index contributed by atoms with van der Waals surface area (Å²) in [5.74, 6) is -2.17. The van der Waals surface area contributed by atoms with Crippen molar-refractivity contribution in [2.45, 2.75) is 12.8 Å². The van der Waals surface area contributed by atoms with Crippen LogP contribution >= 0.6 is 0 Å². The number of hydrogen-bond acceptors (Lipinski definition) is 3. The molecular weight excluding hydrogens is 311 g/mol. The molecule has 2 aromatic carbocycles. The van der Waals surface area contributed by atoms with Crippen molar-refractivity contribution in [3.8, 4) is 0 Å². The molecule has 0 saturated heterocycles. The molecule has 0 aliphatic heterocycles. The quantitative estimate of drug-likeness (QED) is 0.696. The molecule has 7 heteroatoms. The van der Waals surface area contributed by atoms with Crippen LogP contribution in [0.15, 0.2) is 54.6 Å². The molecule has 0 radical (unpaired) electrons. The van der Waals surface area contributed by atoms with Crippen LogP contribution in [0.3, 0.4) is 0 Å². The Labute approximate surface area is 129 Å². The van der Waals surface area contributed by atoms with Gasteiger partial charge in [0.05, 0.1) is 5.56 Å². The van der Waals surface area contributed by atoms with Crippen LogP contribution < -0.4 is 5.32 Å². The number of benzene rings is 2. The summed E-state index contributed by atoms with van der Waals surface area (Å²) in [6.07, 6.45) is -4.46. The highest BCUT2D eigenvalue weighted by Gasteiger charge is 2.30. The molecule has 0 atom stereocenters. The maximum absolute atomic E-state index is 12.4. The standard InChI is InChI=1S/C16H12F3NO3/c17-16(18,19)12-6-8-13(9-7-12)20-14(21)15(22)23-10-11-4-2-1-3-5-11/h1-9H,10H2,(H,20,21). The normalized spacial score (nSPS) is 10.9. The van der Waals surface area contributed by atoms with E-state index in [9.17, 15) is 22.8 Å². The van der Waals surface area contributed by atoms with Crippen molar-refractivity contribution in [1.82, 2.24) is 0 Å². The van der Waals surface area contributed by atoms with Crippen molar-refractivity contribution < 1.29 is 27.5 Å². The Morgan fingerprint density at radius 3 is 2.13 bits per heavy atom. The van der Waals surface area contributed by atoms with Crippen LogP contribution in [0, 0.1) is 0 Å². The second-order valence-corrected chi connectivity index (χ2v) is 4.59. The molecule has 120 valence electrons. The van der Waals surface area contributed by atoms with Crippen molar-refractivity contribution in [1.29, 1.82) is 0 Å². The fourth-order valence-electron chi connectivity index (χ4n) is 1.71. The van der Waals surface area contributed by atoms with Gasteiger partial charge in [-0.05, 0) is 29.8 Å². The molecule has 0 aliphatic carbocycles. The smallest absolute Gasteiger partial charge is 0.416 e. The zero-order chi connectivity index (χ0) is 16.9. The third-order valence-corrected chi connectivity index (χ3v) is 2.87. The minimum atomic E-state index is -4.46. The molecule has 0 bridgehead atoms. The predicted molar refractivity (Wildman–Crippen MR) is 76.3 cm³/mol. The van der Waals surface area contributed by atoms with E-state index in [1.165, 1.54) is 0 Å². The van der Waals surface area contributed by atoms with Gasteiger partial charge in [-0.25, -0.2) is 4.79 Å². The zero-order valence-electron chi connectivity index (χ0n) is 11.8. The fraction of sp³-hybridized carbons (Fsp3) is 0.125. The van der Waals surface area contributed by atoms with Crippen molar-refractivity contribution in [3.05, 3.63) is 65.7 Å². The monoisotopic (exact) mass is 323 g/mol. The summed E-state index contributed by atoms with van der Waals surface area (Å²) in [5, 5.41) is 2.18. The number of esters is 1. The molecule has 4 nitrogen and oxygen atoms in total. The number of ether oxygens (including phenoxy) is 1. The third-order valence-electron chi connectivity index (χ3n) is 2.87. The highest BCUT2D eigenvalue weighted by Crippen LogP contribution is 2.29. The first-order chi connectivity index (χ1) is 10.9. The van der Waals surface area contributed by atoms with Gasteiger partial charge in [0.15, 0.2) is 0 Å². The number of halogens is 3. The molecule has 23 heavy (non-hydrogen) atoms. The van der Waals surface area contributed by atoms with Crippen LogP contribution in [-0.4, -0.2) is 11.9 Å². The number of carbonyl (C=O) groups excluding carboxylic acids is 2. The maximum atomic E-state index is 12.4. The lowest BCUT2D eigenvalue weighted by molar-refractivity contribution is -0.153. The minimum absolute atomic E-state index is 0.0691. The summed E-state index contributed by atoms with van der Waals surface area (Å²) in [6.45, 7) is -0.0693. The van der Waals surface area contributed by atoms with E-state index < -0.39 is 23.6 Å². The summed E-state index contributed by atoms with van der Waals surface area (Å²) in [5.41, 5.74) is -0.0648. The predicted octanol–water partition coefficient (Wildman–Crippen LogP) is 3.39. The van der Waals surface area contributed by atoms with Crippen LogP contribution in [0.2, 0.25) is 0 Å². The lowest BCUT2D eigenvalue weighted by Gasteiger charge is -2.09. The molecule has 0 unspecified atom stereocenters. The summed E-state index contributed by atoms with van der Waals surface area (Å²) >= 11 is 0. The lowest BCUT2D eigenvalue weighted by Crippen LogP contribution is -2.25. The second-order valence-electron chi connectivity index (χ2n) is 4.59. The lowest BCUT2D eigenvalue weighted by atomic mass is 10.2. The second kappa shape index (κ2) is 6.95. The van der Waals surface area contributed by atoms with Gasteiger partial charge in [0.25, 0.3) is 0 Å². The third kappa shape index (κ3) is 4.84. The summed E-state index contributed by atoms with van der Waals surface area (Å²) in [4.78, 5) is 23.1. The Kier molecular flexibility index (Phi) is 5.00. The molecule has 2 aromatic rings. The number of anilines is 1. The van der Waals surface area contributed by atoms with Crippen molar-refractivity contribution in [3.63, 3.8) is 0 Å². The van der Waals surface area contributed by atoms with Crippen LogP contribution in [0.4, 0.5) is 18.9 Å². The number of rotatable bonds is 3. The average molecular weight is 323 g/mol. The number of amides is 1. The maximum Gasteiger partial charge on any atom is 0.416 e. The Morgan fingerprint density at radius 2 is 1.57 bits per heavy atom. The van der Waals surface area contributed by atoms with E-state index in [4.69, 9.17) is 4.74 Å². The van der Waals surface area contributed by atoms with Crippen LogP contribution in [0.5, 0.6) is 0 Å². The number of nitrogens with one attached hydrogen (secondary N) is 1. The van der Waals surface area contributed by atoms with Gasteiger partial charge in [0.2, 0.25) is 0 Å². The van der Waals surface area contributed by atoms with Gasteiger partial charge in [0, 0.05) is 5.69 Å². The Morgan fingerprint density at radius 1 is 0.957 bits per heavy atom. The molecule has 0 aromatic heterocycles. The van der Waals surface area contributed by atoms with Gasteiger partial charge < -0.3 is 10.1 Å².